The number of nitrogens with zero attached hydrogens (tertiary/aromatic N) is 1. The number of anilines is 1. The van der Waals surface area contributed by atoms with Crippen LogP contribution in [0.1, 0.15) is 18.1 Å². The first-order valence-electron chi connectivity index (χ1n) is 9.16. The normalized spacial score (nSPS) is 32.1. The van der Waals surface area contributed by atoms with Crippen LogP contribution in [0.2, 0.25) is 5.02 Å². The molecule has 1 spiro atoms. The van der Waals surface area contributed by atoms with Crippen molar-refractivity contribution in [1.82, 2.24) is 10.2 Å². The molecule has 3 N–H and O–H groups in total. The van der Waals surface area contributed by atoms with Gasteiger partial charge in [0.15, 0.2) is 0 Å². The van der Waals surface area contributed by atoms with Crippen LogP contribution in [0.5, 0.6) is 0 Å². The second kappa shape index (κ2) is 6.52. The van der Waals surface area contributed by atoms with Gasteiger partial charge in [-0.2, -0.15) is 0 Å². The molecule has 1 aromatic rings. The van der Waals surface area contributed by atoms with Crippen LogP contribution in [0.15, 0.2) is 12.1 Å². The Kier molecular flexibility index (Phi) is 4.50. The number of nitrogens with one attached hydrogen (secondary N) is 2. The molecule has 3 heterocycles. The maximum Gasteiger partial charge on any atom is 0.250 e. The molecular formula is C19H22ClN3O5. The Bertz CT molecular complexity index is 889. The zero-order valence-corrected chi connectivity index (χ0v) is 16.5. The third kappa shape index (κ3) is 2.38. The topological polar surface area (TPSA) is 108 Å². The minimum atomic E-state index is -1.45. The second-order valence-corrected chi connectivity index (χ2v) is 8.08. The molecule has 0 saturated carbocycles. The lowest BCUT2D eigenvalue weighted by Gasteiger charge is -2.30. The van der Waals surface area contributed by atoms with E-state index in [-0.39, 0.29) is 13.2 Å². The second-order valence-electron chi connectivity index (χ2n) is 7.64. The van der Waals surface area contributed by atoms with Gasteiger partial charge in [0.2, 0.25) is 17.7 Å². The monoisotopic (exact) mass is 407 g/mol. The van der Waals surface area contributed by atoms with E-state index >= 15 is 0 Å². The Morgan fingerprint density at radius 3 is 2.68 bits per heavy atom. The first kappa shape index (κ1) is 19.3. The van der Waals surface area contributed by atoms with Crippen LogP contribution in [0, 0.1) is 18.8 Å². The lowest BCUT2D eigenvalue weighted by atomic mass is 9.76. The van der Waals surface area contributed by atoms with E-state index in [1.165, 1.54) is 7.11 Å². The standard InChI is InChI=1S/C19H22ClN3O5/c1-8-6-10(20)7-11-14(8)21-18(27)19(11)13-12(15(22-19)9(2)24)16(25)23(17(13)26)4-5-28-3/h6-7,9,12-13,15,22,24H,4-5H2,1-3H3,(H,21,27)/t9-,12-,13+,15-,19-/m0/s1. The number of aryl methyl sites for hydroxylation is 1. The van der Waals surface area contributed by atoms with Gasteiger partial charge in [-0.3, -0.25) is 24.6 Å². The van der Waals surface area contributed by atoms with Gasteiger partial charge in [0, 0.05) is 29.4 Å². The minimum Gasteiger partial charge on any atom is -0.392 e. The van der Waals surface area contributed by atoms with E-state index in [9.17, 15) is 19.5 Å². The highest BCUT2D eigenvalue weighted by atomic mass is 35.5. The number of halogens is 1. The summed E-state index contributed by atoms with van der Waals surface area (Å²) >= 11 is 6.25. The van der Waals surface area contributed by atoms with Crippen LogP contribution in [0.3, 0.4) is 0 Å². The van der Waals surface area contributed by atoms with Gasteiger partial charge in [0.05, 0.1) is 31.1 Å². The lowest BCUT2D eigenvalue weighted by molar-refractivity contribution is -0.143. The molecule has 2 fully saturated rings. The fourth-order valence-corrected chi connectivity index (χ4v) is 5.11. The molecule has 0 unspecified atom stereocenters. The van der Waals surface area contributed by atoms with Crippen LogP contribution >= 0.6 is 11.6 Å². The number of hydrogen-bond acceptors (Lipinski definition) is 6. The van der Waals surface area contributed by atoms with Crippen molar-refractivity contribution in [3.8, 4) is 0 Å². The largest absolute Gasteiger partial charge is 0.392 e. The maximum absolute atomic E-state index is 13.3. The highest BCUT2D eigenvalue weighted by Crippen LogP contribution is 2.54. The van der Waals surface area contributed by atoms with E-state index in [0.29, 0.717) is 16.3 Å². The summed E-state index contributed by atoms with van der Waals surface area (Å²) in [6.07, 6.45) is -0.942. The molecule has 28 heavy (non-hydrogen) atoms. The summed E-state index contributed by atoms with van der Waals surface area (Å²) in [7, 11) is 1.49. The molecule has 3 aliphatic heterocycles. The van der Waals surface area contributed by atoms with Crippen LogP contribution in [0.25, 0.3) is 0 Å². The number of fused-ring (bicyclic) bond motifs is 4. The van der Waals surface area contributed by atoms with Gasteiger partial charge in [-0.15, -0.1) is 0 Å². The van der Waals surface area contributed by atoms with Gasteiger partial charge in [0.1, 0.15) is 5.54 Å². The number of imide groups is 1. The number of aliphatic hydroxyl groups excluding tert-OH is 1. The predicted octanol–water partition coefficient (Wildman–Crippen LogP) is 0.396. The number of amides is 3. The third-order valence-electron chi connectivity index (χ3n) is 6.05. The van der Waals surface area contributed by atoms with Crippen LogP contribution in [-0.2, 0) is 24.7 Å². The molecule has 3 aliphatic rings. The molecule has 0 aromatic heterocycles. The minimum absolute atomic E-state index is 0.104. The molecular weight excluding hydrogens is 386 g/mol. The molecule has 0 aliphatic carbocycles. The molecule has 3 amide bonds. The average Bonchev–Trinajstić information content (AvgIpc) is 3.21. The van der Waals surface area contributed by atoms with Crippen molar-refractivity contribution in [3.05, 3.63) is 28.3 Å². The number of carbonyl (C=O) groups excluding carboxylic acids is 3. The van der Waals surface area contributed by atoms with Crippen molar-refractivity contribution < 1.29 is 24.2 Å². The van der Waals surface area contributed by atoms with Crippen molar-refractivity contribution in [2.45, 2.75) is 31.5 Å². The summed E-state index contributed by atoms with van der Waals surface area (Å²) in [6.45, 7) is 3.66. The first-order valence-corrected chi connectivity index (χ1v) is 9.53. The average molecular weight is 408 g/mol. The van der Waals surface area contributed by atoms with E-state index < -0.39 is 47.2 Å². The van der Waals surface area contributed by atoms with Crippen molar-refractivity contribution in [1.29, 1.82) is 0 Å². The maximum atomic E-state index is 13.3. The zero-order chi connectivity index (χ0) is 20.4. The third-order valence-corrected chi connectivity index (χ3v) is 6.27. The molecule has 9 heteroatoms. The summed E-state index contributed by atoms with van der Waals surface area (Å²) in [4.78, 5) is 40.7. The molecule has 5 atom stereocenters. The van der Waals surface area contributed by atoms with Gasteiger partial charge >= 0.3 is 0 Å². The summed E-state index contributed by atoms with van der Waals surface area (Å²) in [5, 5.41) is 16.7. The van der Waals surface area contributed by atoms with Gasteiger partial charge in [-0.05, 0) is 31.5 Å². The fourth-order valence-electron chi connectivity index (χ4n) is 4.84. The molecule has 4 rings (SSSR count). The fraction of sp³-hybridized carbons (Fsp3) is 0.526. The number of aliphatic hydroxyl groups is 1. The van der Waals surface area contributed by atoms with Crippen molar-refractivity contribution >= 4 is 35.0 Å². The van der Waals surface area contributed by atoms with Gasteiger partial charge in [-0.1, -0.05) is 11.6 Å². The van der Waals surface area contributed by atoms with E-state index in [4.69, 9.17) is 16.3 Å². The quantitative estimate of drug-likeness (QED) is 0.623. The summed E-state index contributed by atoms with van der Waals surface area (Å²) < 4.78 is 5.01. The Hall–Kier alpha value is -2.00. The Morgan fingerprint density at radius 1 is 1.32 bits per heavy atom. The lowest BCUT2D eigenvalue weighted by Crippen LogP contribution is -2.55. The molecule has 0 radical (unpaired) electrons. The number of methoxy groups -OCH3 is 1. The summed E-state index contributed by atoms with van der Waals surface area (Å²) in [5.41, 5.74) is 0.434. The molecule has 2 saturated heterocycles. The van der Waals surface area contributed by atoms with E-state index in [1.54, 1.807) is 19.1 Å². The summed E-state index contributed by atoms with van der Waals surface area (Å²) in [6, 6.07) is 2.63. The Morgan fingerprint density at radius 2 is 2.04 bits per heavy atom. The first-order chi connectivity index (χ1) is 13.2. The molecule has 0 bridgehead atoms. The van der Waals surface area contributed by atoms with Crippen molar-refractivity contribution in [2.24, 2.45) is 11.8 Å². The Balaban J connectivity index is 1.89. The number of ether oxygens (including phenoxy) is 1. The van der Waals surface area contributed by atoms with Crippen LogP contribution < -0.4 is 10.6 Å². The predicted molar refractivity (Wildman–Crippen MR) is 101 cm³/mol. The highest BCUT2D eigenvalue weighted by Gasteiger charge is 2.71. The number of carbonyl (C=O) groups is 3. The van der Waals surface area contributed by atoms with Crippen molar-refractivity contribution in [2.75, 3.05) is 25.6 Å². The molecule has 8 nitrogen and oxygen atoms in total. The molecule has 150 valence electrons. The number of rotatable bonds is 4. The number of hydrogen-bond donors (Lipinski definition) is 3. The number of likely N-dealkylation sites (tertiary alicyclic amines) is 1. The SMILES string of the molecule is COCCN1C(=O)[C@@H]2[C@H]([C@H](C)O)N[C@]3(C(=O)Nc4c(C)cc(Cl)cc43)[C@H]2C1=O. The van der Waals surface area contributed by atoms with Gasteiger partial charge < -0.3 is 15.2 Å². The summed E-state index contributed by atoms with van der Waals surface area (Å²) in [5.74, 6) is -3.07. The van der Waals surface area contributed by atoms with Crippen molar-refractivity contribution in [3.63, 3.8) is 0 Å². The van der Waals surface area contributed by atoms with E-state index in [0.717, 1.165) is 10.5 Å². The van der Waals surface area contributed by atoms with Crippen LogP contribution in [0.4, 0.5) is 5.69 Å². The van der Waals surface area contributed by atoms with E-state index in [2.05, 4.69) is 10.6 Å². The Labute approximate surface area is 167 Å². The van der Waals surface area contributed by atoms with Gasteiger partial charge in [-0.25, -0.2) is 0 Å². The zero-order valence-electron chi connectivity index (χ0n) is 15.8. The van der Waals surface area contributed by atoms with Crippen LogP contribution in [-0.4, -0.2) is 60.1 Å². The van der Waals surface area contributed by atoms with E-state index in [1.807, 2.05) is 6.92 Å². The highest BCUT2D eigenvalue weighted by molar-refractivity contribution is 6.31. The molecule has 1 aromatic carbocycles. The smallest absolute Gasteiger partial charge is 0.250 e. The number of benzene rings is 1. The van der Waals surface area contributed by atoms with Gasteiger partial charge in [0.25, 0.3) is 0 Å².